The Morgan fingerprint density at radius 3 is 2.51 bits per heavy atom. The zero-order chi connectivity index (χ0) is 27.6. The van der Waals surface area contributed by atoms with Crippen molar-refractivity contribution in [1.82, 2.24) is 25.0 Å². The van der Waals surface area contributed by atoms with Crippen molar-refractivity contribution in [2.45, 2.75) is 12.5 Å². The maximum Gasteiger partial charge on any atom is 0.316 e. The van der Waals surface area contributed by atoms with Crippen LogP contribution >= 0.6 is 0 Å². The van der Waals surface area contributed by atoms with Gasteiger partial charge in [-0.1, -0.05) is 65.8 Å². The van der Waals surface area contributed by atoms with E-state index in [1.54, 1.807) is 10.9 Å². The van der Waals surface area contributed by atoms with E-state index in [0.29, 0.717) is 55.8 Å². The molecule has 5 aromatic rings. The van der Waals surface area contributed by atoms with E-state index >= 15 is 0 Å². The average Bonchev–Trinajstić information content (AvgIpc) is 3.65. The molecule has 0 amide bonds. The molecule has 0 spiro atoms. The Hall–Kier alpha value is -5.09. The molecule has 10 heteroatoms. The first-order chi connectivity index (χ1) is 20.2. The number of carbonyl (C=O) groups excluding carboxylic acids is 1. The number of nitrogens with one attached hydrogen (secondary N) is 1. The van der Waals surface area contributed by atoms with Gasteiger partial charge in [0.15, 0.2) is 17.4 Å². The first-order valence-corrected chi connectivity index (χ1v) is 13.6. The number of nitrogens with zero attached hydrogens (tertiary/aromatic N) is 6. The largest absolute Gasteiger partial charge is 0.403 e. The number of ether oxygens (including phenoxy) is 1. The van der Waals surface area contributed by atoms with E-state index in [4.69, 9.17) is 14.3 Å². The molecule has 2 aliphatic rings. The summed E-state index contributed by atoms with van der Waals surface area (Å²) in [4.78, 5) is 20.0. The Bertz CT molecular complexity index is 1710. The summed E-state index contributed by atoms with van der Waals surface area (Å²) in [5, 5.41) is 16.6. The first kappa shape index (κ1) is 24.9. The van der Waals surface area contributed by atoms with E-state index in [-0.39, 0.29) is 11.8 Å². The summed E-state index contributed by atoms with van der Waals surface area (Å²) in [6.07, 6.45) is 5.80. The summed E-state index contributed by atoms with van der Waals surface area (Å²) in [6.45, 7) is 2.59. The first-order valence-electron chi connectivity index (χ1n) is 13.6. The normalized spacial score (nSPS) is 17.1. The monoisotopic (exact) mass is 545 g/mol. The molecule has 1 fully saturated rings. The van der Waals surface area contributed by atoms with Gasteiger partial charge in [-0.05, 0) is 40.5 Å². The highest BCUT2D eigenvalue weighted by atomic mass is 16.5. The van der Waals surface area contributed by atoms with Crippen LogP contribution in [0.2, 0.25) is 0 Å². The molecular weight excluding hydrogens is 518 g/mol. The lowest BCUT2D eigenvalue weighted by molar-refractivity contribution is -0.118. The fourth-order valence-corrected chi connectivity index (χ4v) is 5.23. The molecule has 2 aromatic carbocycles. The number of anilines is 2. The fraction of sp³-hybridized carbons (Fsp3) is 0.194. The molecule has 0 saturated carbocycles. The highest BCUT2D eigenvalue weighted by molar-refractivity contribution is 5.97. The number of ketones is 1. The van der Waals surface area contributed by atoms with Crippen molar-refractivity contribution >= 4 is 23.2 Å². The fourth-order valence-electron chi connectivity index (χ4n) is 5.23. The van der Waals surface area contributed by atoms with Crippen LogP contribution in [-0.2, 0) is 16.0 Å². The lowest BCUT2D eigenvalue weighted by atomic mass is 9.94. The van der Waals surface area contributed by atoms with E-state index in [9.17, 15) is 4.79 Å². The molecule has 0 radical (unpaired) electrons. The standard InChI is InChI=1S/C31H27N7O3/c39-27-18-22-10-4-5-11-23(22)24(21-8-2-1-3-9-21)19-26(27)33-31-35-34-30(41-31)25-20-38(28-12-6-7-13-32-28)36-29(25)37-14-16-40-17-15-37/h1-13,19-20,26H,14-18H2,(H,33,35)/t26-/m0/s1. The molecule has 1 aliphatic carbocycles. The topological polar surface area (TPSA) is 111 Å². The third kappa shape index (κ3) is 5.01. The van der Waals surface area contributed by atoms with Gasteiger partial charge >= 0.3 is 6.01 Å². The predicted molar refractivity (Wildman–Crippen MR) is 154 cm³/mol. The van der Waals surface area contributed by atoms with Gasteiger partial charge in [-0.3, -0.25) is 4.79 Å². The average molecular weight is 546 g/mol. The van der Waals surface area contributed by atoms with Crippen LogP contribution in [0.3, 0.4) is 0 Å². The van der Waals surface area contributed by atoms with E-state index < -0.39 is 6.04 Å². The minimum atomic E-state index is -0.652. The lowest BCUT2D eigenvalue weighted by Gasteiger charge is -2.27. The summed E-state index contributed by atoms with van der Waals surface area (Å²) in [5.74, 6) is 1.70. The van der Waals surface area contributed by atoms with Crippen molar-refractivity contribution in [3.05, 3.63) is 108 Å². The summed E-state index contributed by atoms with van der Waals surface area (Å²) in [6, 6.07) is 23.2. The minimum absolute atomic E-state index is 0.0140. The molecule has 4 heterocycles. The van der Waals surface area contributed by atoms with Crippen LogP contribution in [0.5, 0.6) is 0 Å². The van der Waals surface area contributed by atoms with Crippen molar-refractivity contribution in [2.75, 3.05) is 36.5 Å². The second-order valence-electron chi connectivity index (χ2n) is 9.88. The minimum Gasteiger partial charge on any atom is -0.403 e. The maximum atomic E-state index is 13.4. The van der Waals surface area contributed by atoms with Gasteiger partial charge in [0.25, 0.3) is 5.89 Å². The van der Waals surface area contributed by atoms with Crippen LogP contribution in [0.15, 0.2) is 95.7 Å². The smallest absolute Gasteiger partial charge is 0.316 e. The summed E-state index contributed by atoms with van der Waals surface area (Å²) in [7, 11) is 0. The van der Waals surface area contributed by atoms with Crippen molar-refractivity contribution in [3.63, 3.8) is 0 Å². The number of rotatable bonds is 6. The molecule has 1 aliphatic heterocycles. The molecule has 0 unspecified atom stereocenters. The third-order valence-corrected chi connectivity index (χ3v) is 7.26. The molecule has 1 saturated heterocycles. The number of pyridine rings is 1. The zero-order valence-corrected chi connectivity index (χ0v) is 22.2. The Balaban J connectivity index is 1.23. The van der Waals surface area contributed by atoms with E-state index in [1.807, 2.05) is 79.0 Å². The van der Waals surface area contributed by atoms with Gasteiger partial charge in [-0.2, -0.15) is 0 Å². The second-order valence-corrected chi connectivity index (χ2v) is 9.88. The molecule has 7 rings (SSSR count). The Morgan fingerprint density at radius 1 is 0.878 bits per heavy atom. The van der Waals surface area contributed by atoms with Crippen LogP contribution in [0.1, 0.15) is 16.7 Å². The Kier molecular flexibility index (Phi) is 6.58. The molecule has 3 aromatic heterocycles. The maximum absolute atomic E-state index is 13.4. The second kappa shape index (κ2) is 10.8. The van der Waals surface area contributed by atoms with Crippen LogP contribution in [0.25, 0.3) is 22.8 Å². The molecule has 10 nitrogen and oxygen atoms in total. The highest BCUT2D eigenvalue weighted by Gasteiger charge is 2.28. The predicted octanol–water partition coefficient (Wildman–Crippen LogP) is 4.19. The van der Waals surface area contributed by atoms with Gasteiger partial charge in [-0.25, -0.2) is 9.67 Å². The number of aromatic nitrogens is 5. The zero-order valence-electron chi connectivity index (χ0n) is 22.2. The number of fused-ring (bicyclic) bond motifs is 1. The van der Waals surface area contributed by atoms with Crippen molar-refractivity contribution in [1.29, 1.82) is 0 Å². The molecule has 1 N–H and O–H groups in total. The van der Waals surface area contributed by atoms with Gasteiger partial charge < -0.3 is 19.4 Å². The quantitative estimate of drug-likeness (QED) is 0.336. The number of benzene rings is 2. The van der Waals surface area contributed by atoms with Gasteiger partial charge in [0.05, 0.1) is 13.2 Å². The van der Waals surface area contributed by atoms with Gasteiger partial charge in [0.2, 0.25) is 0 Å². The van der Waals surface area contributed by atoms with Gasteiger partial charge in [0, 0.05) is 31.9 Å². The molecule has 0 bridgehead atoms. The van der Waals surface area contributed by atoms with Crippen LogP contribution in [0, 0.1) is 0 Å². The van der Waals surface area contributed by atoms with E-state index in [1.165, 1.54) is 0 Å². The molecule has 1 atom stereocenters. The van der Waals surface area contributed by atoms with Crippen LogP contribution in [-0.4, -0.2) is 63.1 Å². The Morgan fingerprint density at radius 2 is 1.68 bits per heavy atom. The number of Topliss-reactive ketones (excluding diaryl/α,β-unsaturated/α-hetero) is 1. The van der Waals surface area contributed by atoms with Crippen molar-refractivity contribution in [3.8, 4) is 17.3 Å². The van der Waals surface area contributed by atoms with Crippen LogP contribution < -0.4 is 10.2 Å². The number of carbonyl (C=O) groups is 1. The number of hydrogen-bond acceptors (Lipinski definition) is 9. The van der Waals surface area contributed by atoms with Gasteiger partial charge in [-0.15, -0.1) is 10.2 Å². The summed E-state index contributed by atoms with van der Waals surface area (Å²) < 4.78 is 13.4. The number of hydrogen-bond donors (Lipinski definition) is 1. The van der Waals surface area contributed by atoms with E-state index in [0.717, 1.165) is 22.3 Å². The van der Waals surface area contributed by atoms with Crippen LogP contribution in [0.4, 0.5) is 11.8 Å². The van der Waals surface area contributed by atoms with E-state index in [2.05, 4.69) is 31.5 Å². The SMILES string of the molecule is O=C1Cc2ccccc2C(c2ccccc2)=C[C@@H]1Nc1nnc(-c2cn(-c3ccccn3)nc2N2CCOCC2)o1. The molecular formula is C31H27N7O3. The molecule has 41 heavy (non-hydrogen) atoms. The van der Waals surface area contributed by atoms with Crippen molar-refractivity contribution in [2.24, 2.45) is 0 Å². The highest BCUT2D eigenvalue weighted by Crippen LogP contribution is 2.33. The van der Waals surface area contributed by atoms with Crippen molar-refractivity contribution < 1.29 is 13.9 Å². The summed E-state index contributed by atoms with van der Waals surface area (Å²) in [5.41, 5.74) is 4.72. The number of morpholine rings is 1. The Labute approximate surface area is 236 Å². The third-order valence-electron chi connectivity index (χ3n) is 7.26. The lowest BCUT2D eigenvalue weighted by Crippen LogP contribution is -2.36. The summed E-state index contributed by atoms with van der Waals surface area (Å²) >= 11 is 0. The van der Waals surface area contributed by atoms with Gasteiger partial charge in [0.1, 0.15) is 11.6 Å². The molecule has 204 valence electrons.